The summed E-state index contributed by atoms with van der Waals surface area (Å²) in [7, 11) is 0. The maximum atomic E-state index is 12.9. The fraction of sp³-hybridized carbons (Fsp3) is 0.0357. The summed E-state index contributed by atoms with van der Waals surface area (Å²) in [6.07, 6.45) is 1.67. The van der Waals surface area contributed by atoms with E-state index in [1.165, 1.54) is 4.90 Å². The van der Waals surface area contributed by atoms with Crippen LogP contribution in [0.5, 0.6) is 5.75 Å². The van der Waals surface area contributed by atoms with Crippen molar-refractivity contribution in [3.63, 3.8) is 0 Å². The van der Waals surface area contributed by atoms with Gasteiger partial charge in [-0.05, 0) is 109 Å². The SMILES string of the molecule is O=C(Oc1ccc(/C=C2\SC(=O)N(Cc3ccc(I)cc3)C2=O)cc1Br)c1cccc2ccccc12. The highest BCUT2D eigenvalue weighted by atomic mass is 127. The van der Waals surface area contributed by atoms with E-state index in [0.29, 0.717) is 26.3 Å². The molecule has 1 saturated heterocycles. The number of ether oxygens (including phenoxy) is 1. The highest BCUT2D eigenvalue weighted by molar-refractivity contribution is 14.1. The lowest BCUT2D eigenvalue weighted by Crippen LogP contribution is -2.27. The first kappa shape index (κ1) is 24.7. The average Bonchev–Trinajstić information content (AvgIpc) is 3.13. The fourth-order valence-corrected chi connectivity index (χ4v) is 5.48. The second-order valence-electron chi connectivity index (χ2n) is 8.00. The summed E-state index contributed by atoms with van der Waals surface area (Å²) in [5.41, 5.74) is 2.07. The number of hydrogen-bond donors (Lipinski definition) is 0. The molecule has 36 heavy (non-hydrogen) atoms. The van der Waals surface area contributed by atoms with E-state index in [2.05, 4.69) is 38.5 Å². The highest BCUT2D eigenvalue weighted by Crippen LogP contribution is 2.35. The molecule has 178 valence electrons. The predicted molar refractivity (Wildman–Crippen MR) is 154 cm³/mol. The molecule has 0 N–H and O–H groups in total. The second kappa shape index (κ2) is 10.6. The lowest BCUT2D eigenvalue weighted by atomic mass is 10.0. The van der Waals surface area contributed by atoms with E-state index in [1.807, 2.05) is 60.7 Å². The molecule has 0 unspecified atom stereocenters. The van der Waals surface area contributed by atoms with Crippen molar-refractivity contribution >= 4 is 84.2 Å². The first-order chi connectivity index (χ1) is 17.4. The molecule has 8 heteroatoms. The predicted octanol–water partition coefficient (Wildman–Crippen LogP) is 7.66. The number of halogens is 2. The Morgan fingerprint density at radius 3 is 2.50 bits per heavy atom. The molecule has 5 nitrogen and oxygen atoms in total. The Morgan fingerprint density at radius 2 is 1.72 bits per heavy atom. The van der Waals surface area contributed by atoms with Crippen molar-refractivity contribution in [2.75, 3.05) is 0 Å². The van der Waals surface area contributed by atoms with E-state index in [1.54, 1.807) is 30.3 Å². The van der Waals surface area contributed by atoms with Crippen LogP contribution in [0.1, 0.15) is 21.5 Å². The molecule has 0 spiro atoms. The van der Waals surface area contributed by atoms with Crippen molar-refractivity contribution in [2.45, 2.75) is 6.54 Å². The van der Waals surface area contributed by atoms with Gasteiger partial charge in [0.2, 0.25) is 0 Å². The van der Waals surface area contributed by atoms with Gasteiger partial charge >= 0.3 is 5.97 Å². The van der Waals surface area contributed by atoms with Gasteiger partial charge in [0, 0.05) is 3.57 Å². The summed E-state index contributed by atoms with van der Waals surface area (Å²) in [6, 6.07) is 26.0. The Labute approximate surface area is 233 Å². The minimum absolute atomic E-state index is 0.228. The Balaban J connectivity index is 1.32. The molecule has 0 saturated carbocycles. The van der Waals surface area contributed by atoms with E-state index < -0.39 is 5.97 Å². The number of amides is 2. The van der Waals surface area contributed by atoms with Crippen LogP contribution in [0, 0.1) is 3.57 Å². The van der Waals surface area contributed by atoms with Gasteiger partial charge < -0.3 is 4.74 Å². The first-order valence-corrected chi connectivity index (χ1v) is 13.6. The van der Waals surface area contributed by atoms with E-state index >= 15 is 0 Å². The van der Waals surface area contributed by atoms with Crippen LogP contribution in [0.25, 0.3) is 16.8 Å². The molecule has 5 rings (SSSR count). The summed E-state index contributed by atoms with van der Waals surface area (Å²) < 4.78 is 7.30. The Bertz CT molecular complexity index is 1550. The highest BCUT2D eigenvalue weighted by Gasteiger charge is 2.35. The van der Waals surface area contributed by atoms with Crippen LogP contribution in [0.3, 0.4) is 0 Å². The van der Waals surface area contributed by atoms with Gasteiger partial charge in [-0.2, -0.15) is 0 Å². The normalized spacial score (nSPS) is 14.6. The maximum Gasteiger partial charge on any atom is 0.344 e. The van der Waals surface area contributed by atoms with Crippen molar-refractivity contribution in [2.24, 2.45) is 0 Å². The minimum Gasteiger partial charge on any atom is -0.422 e. The molecule has 0 aromatic heterocycles. The second-order valence-corrected chi connectivity index (χ2v) is 11.1. The summed E-state index contributed by atoms with van der Waals surface area (Å²) in [4.78, 5) is 39.8. The number of hydrogen-bond acceptors (Lipinski definition) is 5. The van der Waals surface area contributed by atoms with Crippen molar-refractivity contribution < 1.29 is 19.1 Å². The van der Waals surface area contributed by atoms with Crippen LogP contribution in [0.15, 0.2) is 94.3 Å². The number of rotatable bonds is 5. The summed E-state index contributed by atoms with van der Waals surface area (Å²) >= 11 is 6.58. The average molecular weight is 670 g/mol. The van der Waals surface area contributed by atoms with Gasteiger partial charge in [0.25, 0.3) is 11.1 Å². The molecule has 0 radical (unpaired) electrons. The van der Waals surface area contributed by atoms with Crippen molar-refractivity contribution in [1.82, 2.24) is 4.90 Å². The Hall–Kier alpha value is -2.95. The van der Waals surface area contributed by atoms with Crippen LogP contribution in [0.2, 0.25) is 0 Å². The number of benzene rings is 4. The molecule has 4 aromatic carbocycles. The molecule has 1 aliphatic heterocycles. The van der Waals surface area contributed by atoms with E-state index in [9.17, 15) is 14.4 Å². The standard InChI is InChI=1S/C28H17BrINO4S/c29-23-14-18(15-25-26(32)31(28(34)36-25)16-17-8-11-20(30)12-9-17)10-13-24(23)35-27(33)22-7-3-5-19-4-1-2-6-21(19)22/h1-15H,16H2/b25-15-. The molecule has 1 aliphatic rings. The van der Waals surface area contributed by atoms with Crippen LogP contribution < -0.4 is 4.74 Å². The van der Waals surface area contributed by atoms with E-state index in [-0.39, 0.29) is 17.7 Å². The smallest absolute Gasteiger partial charge is 0.344 e. The van der Waals surface area contributed by atoms with Crippen LogP contribution >= 0.6 is 50.3 Å². The number of esters is 1. The van der Waals surface area contributed by atoms with Gasteiger partial charge in [-0.1, -0.05) is 54.6 Å². The van der Waals surface area contributed by atoms with Crippen molar-refractivity contribution in [1.29, 1.82) is 0 Å². The summed E-state index contributed by atoms with van der Waals surface area (Å²) in [5, 5.41) is 1.47. The topological polar surface area (TPSA) is 63.7 Å². The summed E-state index contributed by atoms with van der Waals surface area (Å²) in [6.45, 7) is 0.228. The zero-order chi connectivity index (χ0) is 25.2. The molecular weight excluding hydrogens is 653 g/mol. The third kappa shape index (κ3) is 5.25. The Morgan fingerprint density at radius 1 is 0.972 bits per heavy atom. The molecule has 0 atom stereocenters. The molecular formula is C28H17BrINO4S. The third-order valence-corrected chi connectivity index (χ3v) is 7.84. The van der Waals surface area contributed by atoms with Crippen LogP contribution in [-0.4, -0.2) is 22.0 Å². The van der Waals surface area contributed by atoms with Gasteiger partial charge in [-0.25, -0.2) is 4.79 Å². The van der Waals surface area contributed by atoms with Gasteiger partial charge in [0.15, 0.2) is 0 Å². The lowest BCUT2D eigenvalue weighted by molar-refractivity contribution is -0.123. The molecule has 2 amide bonds. The number of carbonyl (C=O) groups excluding carboxylic acids is 3. The van der Waals surface area contributed by atoms with Crippen LogP contribution in [0.4, 0.5) is 4.79 Å². The quantitative estimate of drug-likeness (QED) is 0.0945. The Kier molecular flexibility index (Phi) is 7.27. The number of nitrogens with zero attached hydrogens (tertiary/aromatic N) is 1. The molecule has 0 aliphatic carbocycles. The fourth-order valence-electron chi connectivity index (χ4n) is 3.81. The number of fused-ring (bicyclic) bond motifs is 1. The zero-order valence-corrected chi connectivity index (χ0v) is 23.2. The number of thioether (sulfide) groups is 1. The molecule has 1 heterocycles. The summed E-state index contributed by atoms with van der Waals surface area (Å²) in [5.74, 6) is -0.431. The first-order valence-electron chi connectivity index (χ1n) is 10.9. The van der Waals surface area contributed by atoms with E-state index in [0.717, 1.165) is 31.7 Å². The van der Waals surface area contributed by atoms with E-state index in [4.69, 9.17) is 4.74 Å². The van der Waals surface area contributed by atoms with Crippen molar-refractivity contribution in [3.05, 3.63) is 115 Å². The largest absolute Gasteiger partial charge is 0.422 e. The monoisotopic (exact) mass is 669 g/mol. The third-order valence-electron chi connectivity index (χ3n) is 5.59. The van der Waals surface area contributed by atoms with Crippen LogP contribution in [-0.2, 0) is 11.3 Å². The molecule has 1 fully saturated rings. The lowest BCUT2D eigenvalue weighted by Gasteiger charge is -2.12. The zero-order valence-electron chi connectivity index (χ0n) is 18.6. The molecule has 4 aromatic rings. The van der Waals surface area contributed by atoms with Gasteiger partial charge in [0.05, 0.1) is 21.5 Å². The number of imide groups is 1. The van der Waals surface area contributed by atoms with Gasteiger partial charge in [-0.3, -0.25) is 14.5 Å². The minimum atomic E-state index is -0.461. The molecule has 0 bridgehead atoms. The number of carbonyl (C=O) groups is 3. The van der Waals surface area contributed by atoms with Crippen molar-refractivity contribution in [3.8, 4) is 5.75 Å². The van der Waals surface area contributed by atoms with Gasteiger partial charge in [-0.15, -0.1) is 0 Å². The maximum absolute atomic E-state index is 12.9. The van der Waals surface area contributed by atoms with Gasteiger partial charge in [0.1, 0.15) is 5.75 Å².